The van der Waals surface area contributed by atoms with E-state index in [0.29, 0.717) is 57.8 Å². The fraction of sp³-hybridized carbons (Fsp3) is 0.595. The van der Waals surface area contributed by atoms with Gasteiger partial charge in [-0.1, -0.05) is 51.1 Å². The van der Waals surface area contributed by atoms with Crippen molar-refractivity contribution < 1.29 is 23.5 Å². The summed E-state index contributed by atoms with van der Waals surface area (Å²) in [6.07, 6.45) is 2.99. The lowest BCUT2D eigenvalue weighted by molar-refractivity contribution is -0.137. The van der Waals surface area contributed by atoms with Gasteiger partial charge in [-0.05, 0) is 62.6 Å². The number of nitrogens with zero attached hydrogens (tertiary/aromatic N) is 4. The molecule has 0 saturated carbocycles. The first-order chi connectivity index (χ1) is 22.9. The number of piperidine rings is 1. The van der Waals surface area contributed by atoms with Crippen LogP contribution < -0.4 is 10.2 Å². The minimum Gasteiger partial charge on any atom is -0.372 e. The maximum absolute atomic E-state index is 15.7. The quantitative estimate of drug-likeness (QED) is 0.371. The topological polar surface area (TPSA) is 85.4 Å². The maximum atomic E-state index is 15.7. The molecule has 0 aliphatic carbocycles. The van der Waals surface area contributed by atoms with Gasteiger partial charge >= 0.3 is 6.03 Å². The molecule has 0 unspecified atom stereocenters. The Bertz CT molecular complexity index is 1500. The number of carbonyl (C=O) groups is 3. The lowest BCUT2D eigenvalue weighted by Crippen LogP contribution is -2.50. The molecule has 48 heavy (non-hydrogen) atoms. The third kappa shape index (κ3) is 7.62. The average Bonchev–Trinajstić information content (AvgIpc) is 3.23. The summed E-state index contributed by atoms with van der Waals surface area (Å²) in [6.45, 7) is 13.8. The van der Waals surface area contributed by atoms with Crippen molar-refractivity contribution in [3.05, 3.63) is 59.4 Å². The predicted molar refractivity (Wildman–Crippen MR) is 189 cm³/mol. The highest BCUT2D eigenvalue weighted by molar-refractivity contribution is 8.01. The summed E-state index contributed by atoms with van der Waals surface area (Å²) < 4.78 is 21.6. The Balaban J connectivity index is 1.14. The van der Waals surface area contributed by atoms with Gasteiger partial charge in [0.25, 0.3) is 0 Å². The Morgan fingerprint density at radius 1 is 1.00 bits per heavy atom. The number of halogens is 1. The van der Waals surface area contributed by atoms with Crippen LogP contribution in [0, 0.1) is 11.2 Å². The standard InChI is InChI=1S/C37H50FN5O4S/c1-24-22-41(23-25(2)47-24)33-28(10-8-11-29(33)38)35-43(20-16-37(3,4)5)34(45)31(48-35)21-32(44)40-17-14-27(15-18-40)42-19-13-26-9-6-7-12-30(26)39-36(42)46/h6-12,24-25,27,31,35H,13-23H2,1-5H3,(H,39,46)/t24-,25+,31-,35-/m0/s1. The number of amides is 4. The molecule has 0 radical (unpaired) electrons. The molecule has 0 aromatic heterocycles. The molecule has 4 aliphatic heterocycles. The number of nitrogens with one attached hydrogen (secondary N) is 1. The molecule has 0 spiro atoms. The van der Waals surface area contributed by atoms with Gasteiger partial charge in [0, 0.05) is 63.0 Å². The fourth-order valence-electron chi connectivity index (χ4n) is 7.53. The smallest absolute Gasteiger partial charge is 0.322 e. The van der Waals surface area contributed by atoms with E-state index in [1.807, 2.05) is 52.8 Å². The van der Waals surface area contributed by atoms with Crippen LogP contribution in [-0.4, -0.2) is 95.3 Å². The first kappa shape index (κ1) is 34.5. The van der Waals surface area contributed by atoms with E-state index in [2.05, 4.69) is 37.1 Å². The zero-order chi connectivity index (χ0) is 34.2. The van der Waals surface area contributed by atoms with E-state index in [0.717, 1.165) is 29.7 Å². The molecule has 3 fully saturated rings. The van der Waals surface area contributed by atoms with Gasteiger partial charge in [-0.2, -0.15) is 0 Å². The van der Waals surface area contributed by atoms with Crippen molar-refractivity contribution in [1.29, 1.82) is 0 Å². The minimum absolute atomic E-state index is 0.000644. The van der Waals surface area contributed by atoms with Crippen LogP contribution in [-0.2, 0) is 20.7 Å². The van der Waals surface area contributed by atoms with Crippen molar-refractivity contribution >= 4 is 41.0 Å². The van der Waals surface area contributed by atoms with Crippen molar-refractivity contribution in [1.82, 2.24) is 14.7 Å². The van der Waals surface area contributed by atoms with Gasteiger partial charge in [0.2, 0.25) is 11.8 Å². The largest absolute Gasteiger partial charge is 0.372 e. The second kappa shape index (κ2) is 14.3. The van der Waals surface area contributed by atoms with Crippen LogP contribution >= 0.6 is 11.8 Å². The summed E-state index contributed by atoms with van der Waals surface area (Å²) in [4.78, 5) is 48.6. The predicted octanol–water partition coefficient (Wildman–Crippen LogP) is 6.29. The second-order valence-electron chi connectivity index (χ2n) is 15.0. The molecule has 0 bridgehead atoms. The Morgan fingerprint density at radius 2 is 1.71 bits per heavy atom. The third-order valence-electron chi connectivity index (χ3n) is 10.0. The summed E-state index contributed by atoms with van der Waals surface area (Å²) >= 11 is 1.47. The van der Waals surface area contributed by atoms with E-state index in [9.17, 15) is 14.4 Å². The van der Waals surface area contributed by atoms with Crippen LogP contribution in [0.2, 0.25) is 0 Å². The zero-order valence-corrected chi connectivity index (χ0v) is 29.7. The number of ether oxygens (including phenoxy) is 1. The second-order valence-corrected chi connectivity index (χ2v) is 16.3. The van der Waals surface area contributed by atoms with E-state index >= 15 is 4.39 Å². The molecule has 11 heteroatoms. The molecule has 2 aromatic carbocycles. The minimum atomic E-state index is -0.547. The van der Waals surface area contributed by atoms with E-state index in [1.165, 1.54) is 17.8 Å². The van der Waals surface area contributed by atoms with Crippen LogP contribution in [0.3, 0.4) is 0 Å². The van der Waals surface area contributed by atoms with Crippen molar-refractivity contribution in [3.8, 4) is 0 Å². The molecule has 9 nitrogen and oxygen atoms in total. The molecule has 2 aromatic rings. The fourth-order valence-corrected chi connectivity index (χ4v) is 9.02. The summed E-state index contributed by atoms with van der Waals surface area (Å²) in [5, 5.41) is 2.12. The normalized spacial score (nSPS) is 25.6. The number of hydrogen-bond acceptors (Lipinski definition) is 6. The van der Waals surface area contributed by atoms with E-state index in [1.54, 1.807) is 6.07 Å². The molecule has 3 saturated heterocycles. The summed E-state index contributed by atoms with van der Waals surface area (Å²) in [5.74, 6) is -0.405. The van der Waals surface area contributed by atoms with Crippen molar-refractivity contribution in [2.75, 3.05) is 49.5 Å². The van der Waals surface area contributed by atoms with Gasteiger partial charge in [-0.3, -0.25) is 9.59 Å². The first-order valence-electron chi connectivity index (χ1n) is 17.5. The number of carbonyl (C=O) groups excluding carboxylic acids is 3. The van der Waals surface area contributed by atoms with Gasteiger partial charge in [-0.25, -0.2) is 9.18 Å². The molecule has 6 rings (SSSR count). The average molecular weight is 680 g/mol. The van der Waals surface area contributed by atoms with Crippen LogP contribution in [0.25, 0.3) is 0 Å². The van der Waals surface area contributed by atoms with E-state index in [4.69, 9.17) is 4.74 Å². The lowest BCUT2D eigenvalue weighted by atomic mass is 9.92. The Morgan fingerprint density at radius 3 is 2.42 bits per heavy atom. The van der Waals surface area contributed by atoms with Crippen molar-refractivity contribution in [3.63, 3.8) is 0 Å². The number of thioether (sulfide) groups is 1. The molecular formula is C37H50FN5O4S. The van der Waals surface area contributed by atoms with Crippen LogP contribution in [0.15, 0.2) is 42.5 Å². The SMILES string of the molecule is C[C@@H]1CN(c2c(F)cccc2[C@@H]2S[C@@H](CC(=O)N3CCC(N4CCc5ccccc5NC4=O)CC3)C(=O)N2CCC(C)(C)C)C[C@H](C)O1. The molecule has 4 atom stereocenters. The number of anilines is 2. The lowest BCUT2D eigenvalue weighted by Gasteiger charge is -2.39. The van der Waals surface area contributed by atoms with Crippen LogP contribution in [0.5, 0.6) is 0 Å². The van der Waals surface area contributed by atoms with Crippen LogP contribution in [0.1, 0.15) is 76.8 Å². The number of urea groups is 1. The number of hydrogen-bond donors (Lipinski definition) is 1. The molecule has 4 amide bonds. The monoisotopic (exact) mass is 679 g/mol. The first-order valence-corrected chi connectivity index (χ1v) is 18.4. The van der Waals surface area contributed by atoms with Crippen LogP contribution in [0.4, 0.5) is 20.6 Å². The number of likely N-dealkylation sites (tertiary alicyclic amines) is 1. The summed E-state index contributed by atoms with van der Waals surface area (Å²) in [5.41, 5.74) is 3.30. The zero-order valence-electron chi connectivity index (χ0n) is 28.9. The van der Waals surface area contributed by atoms with Gasteiger partial charge in [0.1, 0.15) is 11.2 Å². The molecule has 4 heterocycles. The van der Waals surface area contributed by atoms with Gasteiger partial charge < -0.3 is 29.7 Å². The Hall–Kier alpha value is -3.31. The molecular weight excluding hydrogens is 630 g/mol. The Labute approximate surface area is 288 Å². The highest BCUT2D eigenvalue weighted by Gasteiger charge is 2.45. The summed E-state index contributed by atoms with van der Waals surface area (Å²) in [7, 11) is 0. The number of morpholine rings is 1. The number of fused-ring (bicyclic) bond motifs is 1. The van der Waals surface area contributed by atoms with Gasteiger partial charge in [0.05, 0.1) is 23.1 Å². The van der Waals surface area contributed by atoms with E-state index in [-0.39, 0.29) is 53.7 Å². The van der Waals surface area contributed by atoms with Gasteiger partial charge in [0.15, 0.2) is 0 Å². The highest BCUT2D eigenvalue weighted by atomic mass is 32.2. The Kier molecular flexibility index (Phi) is 10.3. The van der Waals surface area contributed by atoms with Gasteiger partial charge in [-0.15, -0.1) is 11.8 Å². The molecule has 260 valence electrons. The highest BCUT2D eigenvalue weighted by Crippen LogP contribution is 2.48. The number of para-hydroxylation sites is 2. The molecule has 4 aliphatic rings. The van der Waals surface area contributed by atoms with Crippen molar-refractivity contribution in [2.45, 2.75) is 95.6 Å². The number of benzene rings is 2. The van der Waals surface area contributed by atoms with Crippen molar-refractivity contribution in [2.24, 2.45) is 5.41 Å². The maximum Gasteiger partial charge on any atom is 0.322 e. The molecule has 1 N–H and O–H groups in total. The summed E-state index contributed by atoms with van der Waals surface area (Å²) in [6, 6.07) is 13.0. The third-order valence-corrected chi connectivity index (χ3v) is 11.5. The van der Waals surface area contributed by atoms with E-state index < -0.39 is 10.6 Å². The number of rotatable bonds is 7.